The van der Waals surface area contributed by atoms with E-state index in [0.717, 1.165) is 0 Å². The fraction of sp³-hybridized carbons (Fsp3) is 0.833. The number of alkyl halides is 4. The van der Waals surface area contributed by atoms with Crippen LogP contribution in [0, 0.1) is 0 Å². The molecule has 0 bridgehead atoms. The maximum Gasteiger partial charge on any atom is 0.510 e. The largest absolute Gasteiger partial charge is 0.510 e. The second kappa shape index (κ2) is 6.41. The fourth-order valence-electron chi connectivity index (χ4n) is 0.458. The third kappa shape index (κ3) is 9.04. The van der Waals surface area contributed by atoms with Crippen molar-refractivity contribution >= 4 is 6.16 Å². The summed E-state index contributed by atoms with van der Waals surface area (Å²) in [5.74, 6) is 0. The van der Waals surface area contributed by atoms with Gasteiger partial charge < -0.3 is 14.2 Å². The van der Waals surface area contributed by atoms with Gasteiger partial charge in [-0.3, -0.25) is 0 Å². The minimum atomic E-state index is -4.42. The lowest BCUT2D eigenvalue weighted by molar-refractivity contribution is -0.175. The molecule has 8 heteroatoms. The molecule has 0 fully saturated rings. The molecule has 0 aromatic heterocycles. The average Bonchev–Trinajstić information content (AvgIpc) is 2.02. The highest BCUT2D eigenvalue weighted by molar-refractivity contribution is 5.59. The molecule has 0 saturated carbocycles. The summed E-state index contributed by atoms with van der Waals surface area (Å²) in [4.78, 5) is 10.2. The van der Waals surface area contributed by atoms with Gasteiger partial charge in [0, 0.05) is 0 Å². The molecule has 0 aromatic carbocycles. The first-order valence-electron chi connectivity index (χ1n) is 3.45. The molecule has 0 heterocycles. The fourth-order valence-corrected chi connectivity index (χ4v) is 0.458. The lowest BCUT2D eigenvalue weighted by Gasteiger charge is -2.07. The molecule has 0 saturated heterocycles. The molecule has 84 valence electrons. The van der Waals surface area contributed by atoms with Crippen molar-refractivity contribution in [2.75, 3.05) is 26.7 Å². The molecule has 0 atom stereocenters. The van der Waals surface area contributed by atoms with Crippen LogP contribution in [0.3, 0.4) is 0 Å². The number of hydrogen-bond donors (Lipinski definition) is 0. The smallest absolute Gasteiger partial charge is 0.432 e. The van der Waals surface area contributed by atoms with Crippen LogP contribution >= 0.6 is 0 Å². The molecule has 0 aromatic rings. The zero-order valence-corrected chi connectivity index (χ0v) is 6.97. The van der Waals surface area contributed by atoms with Gasteiger partial charge in [-0.25, -0.2) is 9.18 Å². The van der Waals surface area contributed by atoms with E-state index in [1.165, 1.54) is 0 Å². The Kier molecular flexibility index (Phi) is 5.93. The molecular weight excluding hydrogens is 212 g/mol. The van der Waals surface area contributed by atoms with E-state index in [2.05, 4.69) is 14.2 Å². The summed E-state index contributed by atoms with van der Waals surface area (Å²) in [6, 6.07) is 0. The van der Waals surface area contributed by atoms with Gasteiger partial charge in [0.25, 0.3) is 0 Å². The molecule has 0 unspecified atom stereocenters. The van der Waals surface area contributed by atoms with Gasteiger partial charge in [-0.15, -0.1) is 0 Å². The number of carbonyl (C=O) groups excluding carboxylic acids is 1. The minimum Gasteiger partial charge on any atom is -0.432 e. The van der Waals surface area contributed by atoms with Crippen molar-refractivity contribution in [3.05, 3.63) is 0 Å². The van der Waals surface area contributed by atoms with Crippen molar-refractivity contribution in [1.29, 1.82) is 0 Å². The van der Waals surface area contributed by atoms with Crippen LogP contribution < -0.4 is 0 Å². The predicted octanol–water partition coefficient (Wildman–Crippen LogP) is 1.65. The maximum atomic E-state index is 11.5. The summed E-state index contributed by atoms with van der Waals surface area (Å²) in [6.07, 6.45) is -5.71. The molecule has 0 spiro atoms. The highest BCUT2D eigenvalue weighted by Gasteiger charge is 2.27. The Morgan fingerprint density at radius 2 is 1.79 bits per heavy atom. The number of halogens is 4. The van der Waals surface area contributed by atoms with Gasteiger partial charge in [-0.1, -0.05) is 0 Å². The van der Waals surface area contributed by atoms with Crippen LogP contribution in [0.15, 0.2) is 0 Å². The summed E-state index contributed by atoms with van der Waals surface area (Å²) in [5.41, 5.74) is 0. The van der Waals surface area contributed by atoms with Crippen molar-refractivity contribution in [1.82, 2.24) is 0 Å². The van der Waals surface area contributed by atoms with Gasteiger partial charge in [0.15, 0.2) is 0 Å². The molecule has 14 heavy (non-hydrogen) atoms. The zero-order chi connectivity index (χ0) is 11.0. The van der Waals surface area contributed by atoms with Crippen LogP contribution in [0.2, 0.25) is 0 Å². The topological polar surface area (TPSA) is 44.8 Å². The van der Waals surface area contributed by atoms with E-state index >= 15 is 0 Å². The lowest BCUT2D eigenvalue weighted by Crippen LogP contribution is -2.19. The second-order valence-corrected chi connectivity index (χ2v) is 2.02. The van der Waals surface area contributed by atoms with Gasteiger partial charge in [0.1, 0.15) is 13.2 Å². The Morgan fingerprint density at radius 1 is 1.14 bits per heavy atom. The summed E-state index contributed by atoms with van der Waals surface area (Å²) in [7, 11) is 0. The third-order valence-corrected chi connectivity index (χ3v) is 0.886. The number of hydrogen-bond acceptors (Lipinski definition) is 4. The first-order chi connectivity index (χ1) is 6.45. The van der Waals surface area contributed by atoms with Crippen LogP contribution in [-0.2, 0) is 14.2 Å². The monoisotopic (exact) mass is 220 g/mol. The van der Waals surface area contributed by atoms with Crippen LogP contribution in [0.5, 0.6) is 0 Å². The van der Waals surface area contributed by atoms with E-state index in [-0.39, 0.29) is 0 Å². The van der Waals surface area contributed by atoms with E-state index in [1.54, 1.807) is 0 Å². The summed E-state index contributed by atoms with van der Waals surface area (Å²) in [5, 5.41) is 0. The molecule has 0 aliphatic heterocycles. The Morgan fingerprint density at radius 3 is 2.29 bits per heavy atom. The quantitative estimate of drug-likeness (QED) is 0.401. The Balaban J connectivity index is 3.26. The van der Waals surface area contributed by atoms with Crippen LogP contribution in [0.4, 0.5) is 22.4 Å². The van der Waals surface area contributed by atoms with Gasteiger partial charge in [0.05, 0.1) is 6.61 Å². The van der Waals surface area contributed by atoms with E-state index in [0.29, 0.717) is 0 Å². The summed E-state index contributed by atoms with van der Waals surface area (Å²) >= 11 is 0. The van der Waals surface area contributed by atoms with Crippen LogP contribution in [0.25, 0.3) is 0 Å². The average molecular weight is 220 g/mol. The molecular formula is C6H8F4O4. The predicted molar refractivity (Wildman–Crippen MR) is 35.3 cm³/mol. The molecule has 0 radical (unpaired) electrons. The summed E-state index contributed by atoms with van der Waals surface area (Å²) in [6.45, 7) is -3.62. The Labute approximate surface area is 76.7 Å². The van der Waals surface area contributed by atoms with Gasteiger partial charge in [-0.2, -0.15) is 13.2 Å². The highest BCUT2D eigenvalue weighted by Crippen LogP contribution is 2.13. The zero-order valence-electron chi connectivity index (χ0n) is 6.97. The van der Waals surface area contributed by atoms with E-state index < -0.39 is 39.0 Å². The van der Waals surface area contributed by atoms with Crippen LogP contribution in [0.1, 0.15) is 0 Å². The molecule has 4 nitrogen and oxygen atoms in total. The second-order valence-electron chi connectivity index (χ2n) is 2.02. The molecule has 0 amide bonds. The summed E-state index contributed by atoms with van der Waals surface area (Å²) < 4.78 is 57.5. The number of ether oxygens (including phenoxy) is 3. The minimum absolute atomic E-state index is 0.422. The van der Waals surface area contributed by atoms with E-state index in [4.69, 9.17) is 0 Å². The van der Waals surface area contributed by atoms with Gasteiger partial charge in [-0.05, 0) is 0 Å². The molecule has 0 aliphatic rings. The normalized spacial score (nSPS) is 11.1. The van der Waals surface area contributed by atoms with Crippen molar-refractivity contribution in [3.63, 3.8) is 0 Å². The Bertz CT molecular complexity index is 170. The van der Waals surface area contributed by atoms with E-state index in [1.807, 2.05) is 0 Å². The standard InChI is InChI=1S/C6H8F4O4/c7-4-14-5(11)13-2-1-12-3-6(8,9)10/h1-4H2. The van der Waals surface area contributed by atoms with Crippen molar-refractivity contribution < 1.29 is 36.6 Å². The van der Waals surface area contributed by atoms with Crippen molar-refractivity contribution in [3.8, 4) is 0 Å². The number of rotatable bonds is 5. The molecule has 0 aliphatic carbocycles. The lowest BCUT2D eigenvalue weighted by atomic mass is 10.7. The maximum absolute atomic E-state index is 11.5. The first kappa shape index (κ1) is 12.9. The molecule has 0 N–H and O–H groups in total. The van der Waals surface area contributed by atoms with Crippen LogP contribution in [-0.4, -0.2) is 39.0 Å². The molecule has 0 rings (SSSR count). The van der Waals surface area contributed by atoms with Gasteiger partial charge >= 0.3 is 12.3 Å². The van der Waals surface area contributed by atoms with Crippen molar-refractivity contribution in [2.24, 2.45) is 0 Å². The third-order valence-electron chi connectivity index (χ3n) is 0.886. The van der Waals surface area contributed by atoms with E-state index in [9.17, 15) is 22.4 Å². The highest BCUT2D eigenvalue weighted by atomic mass is 19.4. The number of carbonyl (C=O) groups is 1. The van der Waals surface area contributed by atoms with Crippen molar-refractivity contribution in [2.45, 2.75) is 6.18 Å². The van der Waals surface area contributed by atoms with Gasteiger partial charge in [0.2, 0.25) is 6.86 Å². The Hall–Kier alpha value is -1.05. The SMILES string of the molecule is O=C(OCF)OCCOCC(F)(F)F. The first-order valence-corrected chi connectivity index (χ1v) is 3.45.